The number of rotatable bonds is 2. The van der Waals surface area contributed by atoms with Crippen molar-refractivity contribution in [3.8, 4) is 0 Å². The van der Waals surface area contributed by atoms with Crippen LogP contribution in [0.15, 0.2) is 26.2 Å². The summed E-state index contributed by atoms with van der Waals surface area (Å²) in [6, 6.07) is 0. The normalized spacial score (nSPS) is 11.6. The van der Waals surface area contributed by atoms with Gasteiger partial charge >= 0.3 is 11.5 Å². The first kappa shape index (κ1) is 13.4. The summed E-state index contributed by atoms with van der Waals surface area (Å²) in [6.45, 7) is 9.38. The second-order valence-electron chi connectivity index (χ2n) is 5.34. The summed E-state index contributed by atoms with van der Waals surface area (Å²) in [7, 11) is 1.59. The Hall–Kier alpha value is -2.57. The van der Waals surface area contributed by atoms with Gasteiger partial charge in [-0.1, -0.05) is 12.2 Å². The van der Waals surface area contributed by atoms with Crippen LogP contribution in [0, 0.1) is 13.8 Å². The summed E-state index contributed by atoms with van der Waals surface area (Å²) in [5.41, 5.74) is 1.41. The monoisotopic (exact) mass is 288 g/mol. The Bertz CT molecular complexity index is 1010. The molecule has 0 aromatic carbocycles. The van der Waals surface area contributed by atoms with E-state index < -0.39 is 5.69 Å². The number of hydrogen-bond acceptors (Lipinski definition) is 4. The van der Waals surface area contributed by atoms with Crippen molar-refractivity contribution in [3.05, 3.63) is 44.4 Å². The lowest BCUT2D eigenvalue weighted by Crippen LogP contribution is -2.39. The number of fused-ring (bicyclic) bond motifs is 3. The van der Waals surface area contributed by atoms with E-state index in [-0.39, 0.29) is 12.1 Å². The van der Waals surface area contributed by atoms with Crippen molar-refractivity contribution in [1.82, 2.24) is 18.5 Å². The molecule has 0 amide bonds. The minimum Gasteiger partial charge on any atom is -0.428 e. The first-order valence-corrected chi connectivity index (χ1v) is 6.55. The van der Waals surface area contributed by atoms with Crippen molar-refractivity contribution in [3.63, 3.8) is 0 Å². The summed E-state index contributed by atoms with van der Waals surface area (Å²) in [5, 5.41) is 0. The van der Waals surface area contributed by atoms with E-state index in [0.717, 1.165) is 11.3 Å². The zero-order chi connectivity index (χ0) is 15.5. The van der Waals surface area contributed by atoms with Crippen LogP contribution in [0.25, 0.3) is 17.0 Å². The maximum atomic E-state index is 12.7. The topological polar surface area (TPSA) is 74.4 Å². The van der Waals surface area contributed by atoms with Crippen LogP contribution in [0.3, 0.4) is 0 Å². The summed E-state index contributed by atoms with van der Waals surface area (Å²) < 4.78 is 9.70. The van der Waals surface area contributed by atoms with Crippen LogP contribution >= 0.6 is 0 Å². The number of allylic oxidation sites excluding steroid dienone is 1. The standard InChI is InChI=1S/C14H16N4O3/c1-7(2)6-17-12(19)10-11(16(5)14(17)20)15-13-18(10)8(3)9(4)21-13/h1,6H2,2-5H3. The minimum absolute atomic E-state index is 0.185. The van der Waals surface area contributed by atoms with Crippen LogP contribution in [0.2, 0.25) is 0 Å². The molecule has 7 nitrogen and oxygen atoms in total. The Morgan fingerprint density at radius 1 is 1.33 bits per heavy atom. The summed E-state index contributed by atoms with van der Waals surface area (Å²) in [6.07, 6.45) is 0. The van der Waals surface area contributed by atoms with Gasteiger partial charge in [-0.15, -0.1) is 0 Å². The van der Waals surface area contributed by atoms with Gasteiger partial charge in [-0.25, -0.2) is 4.79 Å². The van der Waals surface area contributed by atoms with Crippen LogP contribution in [0.5, 0.6) is 0 Å². The van der Waals surface area contributed by atoms with E-state index in [4.69, 9.17) is 4.42 Å². The van der Waals surface area contributed by atoms with E-state index >= 15 is 0 Å². The Morgan fingerprint density at radius 2 is 2.00 bits per heavy atom. The Balaban J connectivity index is 2.58. The minimum atomic E-state index is -0.411. The first-order valence-electron chi connectivity index (χ1n) is 6.55. The number of nitrogens with zero attached hydrogens (tertiary/aromatic N) is 4. The van der Waals surface area contributed by atoms with Gasteiger partial charge in [0, 0.05) is 7.05 Å². The third-order valence-electron chi connectivity index (χ3n) is 3.63. The highest BCUT2D eigenvalue weighted by atomic mass is 16.4. The molecule has 0 bridgehead atoms. The van der Waals surface area contributed by atoms with Gasteiger partial charge in [0.2, 0.25) is 0 Å². The van der Waals surface area contributed by atoms with Crippen LogP contribution in [0.4, 0.5) is 0 Å². The van der Waals surface area contributed by atoms with Crippen LogP contribution < -0.4 is 11.2 Å². The van der Waals surface area contributed by atoms with Gasteiger partial charge in [0.15, 0.2) is 11.2 Å². The van der Waals surface area contributed by atoms with Crippen molar-refractivity contribution < 1.29 is 4.42 Å². The molecular weight excluding hydrogens is 272 g/mol. The quantitative estimate of drug-likeness (QED) is 0.663. The predicted molar refractivity (Wildman–Crippen MR) is 78.8 cm³/mol. The van der Waals surface area contributed by atoms with Gasteiger partial charge in [0.05, 0.1) is 12.2 Å². The van der Waals surface area contributed by atoms with Crippen LogP contribution in [-0.4, -0.2) is 18.5 Å². The molecule has 3 aromatic heterocycles. The number of hydrogen-bond donors (Lipinski definition) is 0. The summed E-state index contributed by atoms with van der Waals surface area (Å²) in [4.78, 5) is 29.2. The maximum absolute atomic E-state index is 12.7. The molecule has 0 aliphatic rings. The van der Waals surface area contributed by atoms with Gasteiger partial charge in [-0.2, -0.15) is 4.98 Å². The molecule has 0 aliphatic heterocycles. The van der Waals surface area contributed by atoms with E-state index in [1.54, 1.807) is 18.4 Å². The lowest BCUT2D eigenvalue weighted by molar-refractivity contribution is 0.561. The van der Waals surface area contributed by atoms with Crippen molar-refractivity contribution >= 4 is 17.0 Å². The molecule has 0 N–H and O–H groups in total. The van der Waals surface area contributed by atoms with Gasteiger partial charge < -0.3 is 4.42 Å². The number of aryl methyl sites for hydroxylation is 3. The third-order valence-corrected chi connectivity index (χ3v) is 3.63. The highest BCUT2D eigenvalue weighted by molar-refractivity contribution is 5.75. The molecule has 0 atom stereocenters. The lowest BCUT2D eigenvalue weighted by atomic mass is 10.3. The van der Waals surface area contributed by atoms with Crippen molar-refractivity contribution in [1.29, 1.82) is 0 Å². The highest BCUT2D eigenvalue weighted by Gasteiger charge is 2.20. The fourth-order valence-corrected chi connectivity index (χ4v) is 2.46. The van der Waals surface area contributed by atoms with Gasteiger partial charge in [0.1, 0.15) is 5.76 Å². The van der Waals surface area contributed by atoms with Gasteiger partial charge in [0.25, 0.3) is 5.56 Å². The fraction of sp³-hybridized carbons (Fsp3) is 0.357. The molecule has 3 heterocycles. The van der Waals surface area contributed by atoms with Gasteiger partial charge in [-0.05, 0) is 20.8 Å². The average Bonchev–Trinajstić information content (AvgIpc) is 2.90. The molecule has 0 unspecified atom stereocenters. The zero-order valence-electron chi connectivity index (χ0n) is 12.4. The van der Waals surface area contributed by atoms with Crippen LogP contribution in [0.1, 0.15) is 18.4 Å². The fourth-order valence-electron chi connectivity index (χ4n) is 2.46. The molecule has 0 saturated carbocycles. The van der Waals surface area contributed by atoms with Crippen molar-refractivity contribution in [2.75, 3.05) is 0 Å². The number of imidazole rings is 1. The lowest BCUT2D eigenvalue weighted by Gasteiger charge is -2.07. The molecular formula is C14H16N4O3. The average molecular weight is 288 g/mol. The highest BCUT2D eigenvalue weighted by Crippen LogP contribution is 2.19. The van der Waals surface area contributed by atoms with E-state index in [0.29, 0.717) is 22.8 Å². The molecule has 0 aliphatic carbocycles. The van der Waals surface area contributed by atoms with Crippen molar-refractivity contribution in [2.24, 2.45) is 7.05 Å². The Labute approximate surface area is 119 Å². The molecule has 0 spiro atoms. The molecule has 0 saturated heterocycles. The van der Waals surface area contributed by atoms with Gasteiger partial charge in [-0.3, -0.25) is 18.3 Å². The van der Waals surface area contributed by atoms with Crippen molar-refractivity contribution in [2.45, 2.75) is 27.3 Å². The van der Waals surface area contributed by atoms with E-state index in [1.807, 2.05) is 13.8 Å². The maximum Gasteiger partial charge on any atom is 0.332 e. The second-order valence-corrected chi connectivity index (χ2v) is 5.34. The van der Waals surface area contributed by atoms with E-state index in [1.165, 1.54) is 9.13 Å². The Morgan fingerprint density at radius 3 is 2.62 bits per heavy atom. The van der Waals surface area contributed by atoms with Crippen LogP contribution in [-0.2, 0) is 13.6 Å². The molecule has 21 heavy (non-hydrogen) atoms. The smallest absolute Gasteiger partial charge is 0.332 e. The van der Waals surface area contributed by atoms with E-state index in [2.05, 4.69) is 11.6 Å². The molecule has 3 aromatic rings. The second kappa shape index (κ2) is 4.21. The molecule has 0 radical (unpaired) electrons. The van der Waals surface area contributed by atoms with E-state index in [9.17, 15) is 9.59 Å². The summed E-state index contributed by atoms with van der Waals surface area (Å²) >= 11 is 0. The molecule has 7 heteroatoms. The largest absolute Gasteiger partial charge is 0.428 e. The Kier molecular flexibility index (Phi) is 2.69. The number of oxazole rings is 1. The summed E-state index contributed by atoms with van der Waals surface area (Å²) in [5.74, 6) is 1.01. The zero-order valence-corrected chi connectivity index (χ0v) is 12.4. The SMILES string of the molecule is C=C(C)Cn1c(=O)c2c(nc3oc(C)c(C)n32)n(C)c1=O. The predicted octanol–water partition coefficient (Wildman–Crippen LogP) is 1.13. The molecule has 0 fully saturated rings. The third kappa shape index (κ3) is 1.70. The number of aromatic nitrogens is 4. The molecule has 110 valence electrons. The first-order chi connectivity index (χ1) is 9.82. The molecule has 3 rings (SSSR count).